The molecule has 1 amide bonds. The van der Waals surface area contributed by atoms with Crippen molar-refractivity contribution in [2.24, 2.45) is 0 Å². The summed E-state index contributed by atoms with van der Waals surface area (Å²) in [5.74, 6) is 1.10. The summed E-state index contributed by atoms with van der Waals surface area (Å²) in [7, 11) is 0. The Labute approximate surface area is 164 Å². The second-order valence-electron chi connectivity index (χ2n) is 5.89. The van der Waals surface area contributed by atoms with Crippen LogP contribution < -0.4 is 25.1 Å². The van der Waals surface area contributed by atoms with Crippen LogP contribution in [0.2, 0.25) is 0 Å². The van der Waals surface area contributed by atoms with Gasteiger partial charge in [-0.3, -0.25) is 9.59 Å². The minimum Gasteiger partial charge on any atom is -0.490 e. The van der Waals surface area contributed by atoms with E-state index in [1.807, 2.05) is 20.8 Å². The molecule has 0 saturated heterocycles. The molecule has 0 atom stereocenters. The molecule has 0 unspecified atom stereocenters. The van der Waals surface area contributed by atoms with Gasteiger partial charge in [0.25, 0.3) is 11.5 Å². The van der Waals surface area contributed by atoms with Crippen molar-refractivity contribution < 1.29 is 19.0 Å². The highest BCUT2D eigenvalue weighted by molar-refractivity contribution is 5.95. The number of aryl methyl sites for hydroxylation is 1. The van der Waals surface area contributed by atoms with Gasteiger partial charge in [-0.2, -0.15) is 5.10 Å². The first kappa shape index (κ1) is 21.3. The molecule has 0 fully saturated rings. The first-order valence-electron chi connectivity index (χ1n) is 9.39. The largest absolute Gasteiger partial charge is 0.490 e. The van der Waals surface area contributed by atoms with Crippen molar-refractivity contribution in [3.8, 4) is 17.2 Å². The molecule has 8 heteroatoms. The standard InChI is InChI=1S/C20H27N3O5/c1-5-26-16-12-15(13-17(27-6-2)19(16)28-7-3)20(25)21-10-11-23-18(24)9-8-14(4)22-23/h8-9,12-13H,5-7,10-11H2,1-4H3,(H,21,25). The van der Waals surface area contributed by atoms with Crippen molar-refractivity contribution in [1.29, 1.82) is 0 Å². The van der Waals surface area contributed by atoms with Crippen molar-refractivity contribution in [1.82, 2.24) is 15.1 Å². The van der Waals surface area contributed by atoms with Gasteiger partial charge in [-0.05, 0) is 45.9 Å². The lowest BCUT2D eigenvalue weighted by Crippen LogP contribution is -2.32. The molecule has 0 spiro atoms. The minimum atomic E-state index is -0.300. The van der Waals surface area contributed by atoms with E-state index in [9.17, 15) is 9.59 Å². The molecule has 0 aliphatic rings. The third kappa shape index (κ3) is 5.48. The zero-order valence-corrected chi connectivity index (χ0v) is 16.8. The summed E-state index contributed by atoms with van der Waals surface area (Å²) in [6, 6.07) is 6.37. The lowest BCUT2D eigenvalue weighted by Gasteiger charge is -2.17. The van der Waals surface area contributed by atoms with Crippen LogP contribution in [0.25, 0.3) is 0 Å². The quantitative estimate of drug-likeness (QED) is 0.670. The van der Waals surface area contributed by atoms with Crippen LogP contribution in [0.4, 0.5) is 0 Å². The first-order valence-corrected chi connectivity index (χ1v) is 9.39. The van der Waals surface area contributed by atoms with E-state index in [0.717, 1.165) is 5.69 Å². The van der Waals surface area contributed by atoms with E-state index in [2.05, 4.69) is 10.4 Å². The third-order valence-electron chi connectivity index (χ3n) is 3.78. The lowest BCUT2D eigenvalue weighted by molar-refractivity contribution is 0.0950. The zero-order valence-electron chi connectivity index (χ0n) is 16.8. The first-order chi connectivity index (χ1) is 13.5. The average molecular weight is 389 g/mol. The Morgan fingerprint density at radius 1 is 1.04 bits per heavy atom. The van der Waals surface area contributed by atoms with E-state index >= 15 is 0 Å². The molecule has 0 aliphatic heterocycles. The summed E-state index contributed by atoms with van der Waals surface area (Å²) in [6.07, 6.45) is 0. The highest BCUT2D eigenvalue weighted by Gasteiger charge is 2.18. The number of carbonyl (C=O) groups is 1. The van der Waals surface area contributed by atoms with Crippen LogP contribution in [0.5, 0.6) is 17.2 Å². The molecular weight excluding hydrogens is 362 g/mol. The second-order valence-corrected chi connectivity index (χ2v) is 5.89. The van der Waals surface area contributed by atoms with Crippen molar-refractivity contribution in [2.75, 3.05) is 26.4 Å². The summed E-state index contributed by atoms with van der Waals surface area (Å²) in [5.41, 5.74) is 0.915. The van der Waals surface area contributed by atoms with Gasteiger partial charge in [0.1, 0.15) is 0 Å². The number of amides is 1. The Morgan fingerprint density at radius 3 is 2.21 bits per heavy atom. The van der Waals surface area contributed by atoms with Crippen LogP contribution in [0, 0.1) is 6.92 Å². The van der Waals surface area contributed by atoms with Gasteiger partial charge in [0.05, 0.1) is 32.1 Å². The fourth-order valence-corrected chi connectivity index (χ4v) is 2.61. The average Bonchev–Trinajstić information content (AvgIpc) is 2.67. The van der Waals surface area contributed by atoms with E-state index in [0.29, 0.717) is 42.6 Å². The number of rotatable bonds is 10. The molecule has 0 aliphatic carbocycles. The molecule has 1 aromatic carbocycles. The summed E-state index contributed by atoms with van der Waals surface area (Å²) >= 11 is 0. The molecule has 8 nitrogen and oxygen atoms in total. The monoisotopic (exact) mass is 389 g/mol. The van der Waals surface area contributed by atoms with Gasteiger partial charge in [-0.1, -0.05) is 0 Å². The van der Waals surface area contributed by atoms with E-state index in [4.69, 9.17) is 14.2 Å². The summed E-state index contributed by atoms with van der Waals surface area (Å²) in [4.78, 5) is 24.4. The van der Waals surface area contributed by atoms with Gasteiger partial charge in [0.2, 0.25) is 5.75 Å². The van der Waals surface area contributed by atoms with Gasteiger partial charge >= 0.3 is 0 Å². The Morgan fingerprint density at radius 2 is 1.64 bits per heavy atom. The number of nitrogens with zero attached hydrogens (tertiary/aromatic N) is 2. The number of hydrogen-bond acceptors (Lipinski definition) is 6. The lowest BCUT2D eigenvalue weighted by atomic mass is 10.1. The fourth-order valence-electron chi connectivity index (χ4n) is 2.61. The van der Waals surface area contributed by atoms with Gasteiger partial charge in [0.15, 0.2) is 11.5 Å². The predicted octanol–water partition coefficient (Wildman–Crippen LogP) is 2.18. The highest BCUT2D eigenvalue weighted by atomic mass is 16.5. The zero-order chi connectivity index (χ0) is 20.5. The Kier molecular flexibility index (Phi) is 7.86. The van der Waals surface area contributed by atoms with Gasteiger partial charge in [0, 0.05) is 18.2 Å². The summed E-state index contributed by atoms with van der Waals surface area (Å²) < 4.78 is 18.2. The fraction of sp³-hybridized carbons (Fsp3) is 0.450. The normalized spacial score (nSPS) is 10.4. The van der Waals surface area contributed by atoms with Crippen LogP contribution in [0.15, 0.2) is 29.1 Å². The van der Waals surface area contributed by atoms with E-state index < -0.39 is 0 Å². The summed E-state index contributed by atoms with van der Waals surface area (Å²) in [6.45, 7) is 9.23. The number of ether oxygens (including phenoxy) is 3. The molecule has 2 rings (SSSR count). The van der Waals surface area contributed by atoms with Crippen LogP contribution in [0.3, 0.4) is 0 Å². The summed E-state index contributed by atoms with van der Waals surface area (Å²) in [5, 5.41) is 6.94. The smallest absolute Gasteiger partial charge is 0.266 e. The van der Waals surface area contributed by atoms with E-state index in [1.54, 1.807) is 25.1 Å². The Balaban J connectivity index is 2.17. The Hall–Kier alpha value is -3.03. The molecule has 1 aromatic heterocycles. The van der Waals surface area contributed by atoms with Crippen LogP contribution >= 0.6 is 0 Å². The van der Waals surface area contributed by atoms with Crippen molar-refractivity contribution in [2.45, 2.75) is 34.2 Å². The number of benzene rings is 1. The topological polar surface area (TPSA) is 91.7 Å². The van der Waals surface area contributed by atoms with E-state index in [-0.39, 0.29) is 24.6 Å². The molecule has 28 heavy (non-hydrogen) atoms. The third-order valence-corrected chi connectivity index (χ3v) is 3.78. The molecule has 0 bridgehead atoms. The number of hydrogen-bond donors (Lipinski definition) is 1. The molecular formula is C20H27N3O5. The van der Waals surface area contributed by atoms with Crippen molar-refractivity contribution in [3.63, 3.8) is 0 Å². The predicted molar refractivity (Wildman–Crippen MR) is 106 cm³/mol. The van der Waals surface area contributed by atoms with Gasteiger partial charge < -0.3 is 19.5 Å². The molecule has 1 N–H and O–H groups in total. The number of aromatic nitrogens is 2. The molecule has 152 valence electrons. The minimum absolute atomic E-state index is 0.210. The van der Waals surface area contributed by atoms with Gasteiger partial charge in [-0.15, -0.1) is 0 Å². The molecule has 2 aromatic rings. The SMILES string of the molecule is CCOc1cc(C(=O)NCCn2nc(C)ccc2=O)cc(OCC)c1OCC. The van der Waals surface area contributed by atoms with E-state index in [1.165, 1.54) is 10.7 Å². The maximum Gasteiger partial charge on any atom is 0.266 e. The molecule has 1 heterocycles. The van der Waals surface area contributed by atoms with Crippen LogP contribution in [-0.2, 0) is 6.54 Å². The molecule has 0 saturated carbocycles. The Bertz CT molecular complexity index is 836. The molecule has 0 radical (unpaired) electrons. The highest BCUT2D eigenvalue weighted by Crippen LogP contribution is 2.39. The second kappa shape index (κ2) is 10.3. The van der Waals surface area contributed by atoms with Crippen LogP contribution in [0.1, 0.15) is 36.8 Å². The maximum absolute atomic E-state index is 12.6. The van der Waals surface area contributed by atoms with Crippen LogP contribution in [-0.4, -0.2) is 42.1 Å². The van der Waals surface area contributed by atoms with Crippen molar-refractivity contribution >= 4 is 5.91 Å². The van der Waals surface area contributed by atoms with Gasteiger partial charge in [-0.25, -0.2) is 4.68 Å². The number of carbonyl (C=O) groups excluding carboxylic acids is 1. The number of nitrogens with one attached hydrogen (secondary N) is 1. The maximum atomic E-state index is 12.6. The van der Waals surface area contributed by atoms with Crippen molar-refractivity contribution in [3.05, 3.63) is 45.9 Å².